The van der Waals surface area contributed by atoms with Crippen molar-refractivity contribution >= 4 is 15.9 Å². The number of likely N-dealkylation sites (tertiary alicyclic amines) is 1. The number of piperidine rings is 1. The smallest absolute Gasteiger partial charge is 0.243 e. The van der Waals surface area contributed by atoms with Crippen LogP contribution in [0.15, 0.2) is 29.2 Å². The Labute approximate surface area is 151 Å². The molecular formula is C19H28N2O3S. The maximum absolute atomic E-state index is 12.8. The number of likely N-dealkylation sites (N-methyl/N-ethyl adjacent to an activating group) is 1. The lowest BCUT2D eigenvalue weighted by atomic mass is 9.78. The largest absolute Gasteiger partial charge is 0.338 e. The summed E-state index contributed by atoms with van der Waals surface area (Å²) in [5.74, 6) is 0.542. The molecular weight excluding hydrogens is 336 g/mol. The molecule has 0 aromatic heterocycles. The molecule has 0 spiro atoms. The first-order valence-electron chi connectivity index (χ1n) is 9.22. The molecule has 1 heterocycles. The van der Waals surface area contributed by atoms with E-state index in [2.05, 4.69) is 0 Å². The molecule has 1 saturated heterocycles. The number of nitrogens with zero attached hydrogens (tertiary/aromatic N) is 2. The van der Waals surface area contributed by atoms with Crippen molar-refractivity contribution in [3.8, 4) is 0 Å². The molecule has 25 heavy (non-hydrogen) atoms. The molecule has 0 N–H and O–H groups in total. The zero-order valence-electron chi connectivity index (χ0n) is 15.1. The van der Waals surface area contributed by atoms with E-state index in [1.54, 1.807) is 24.3 Å². The molecule has 6 heteroatoms. The number of rotatable bonds is 4. The molecule has 138 valence electrons. The molecule has 1 aliphatic heterocycles. The Morgan fingerprint density at radius 2 is 1.76 bits per heavy atom. The Balaban J connectivity index is 1.70. The fourth-order valence-electron chi connectivity index (χ4n) is 4.19. The van der Waals surface area contributed by atoms with E-state index in [0.29, 0.717) is 12.0 Å². The van der Waals surface area contributed by atoms with Crippen LogP contribution in [0, 0.1) is 12.8 Å². The number of benzene rings is 1. The molecule has 2 atom stereocenters. The number of sulfonamides is 1. The molecule has 2 fully saturated rings. The highest BCUT2D eigenvalue weighted by atomic mass is 32.2. The quantitative estimate of drug-likeness (QED) is 0.825. The van der Waals surface area contributed by atoms with Crippen molar-refractivity contribution < 1.29 is 13.2 Å². The number of carbonyl (C=O) groups excluding carboxylic acids is 1. The van der Waals surface area contributed by atoms with Gasteiger partial charge in [0.15, 0.2) is 0 Å². The van der Waals surface area contributed by atoms with Gasteiger partial charge in [0.05, 0.1) is 11.4 Å². The van der Waals surface area contributed by atoms with Crippen molar-refractivity contribution in [3.05, 3.63) is 29.8 Å². The van der Waals surface area contributed by atoms with Gasteiger partial charge >= 0.3 is 0 Å². The predicted molar refractivity (Wildman–Crippen MR) is 97.7 cm³/mol. The molecule has 0 bridgehead atoms. The van der Waals surface area contributed by atoms with E-state index in [1.165, 1.54) is 37.0 Å². The van der Waals surface area contributed by atoms with E-state index in [4.69, 9.17) is 0 Å². The van der Waals surface area contributed by atoms with Crippen LogP contribution in [0.5, 0.6) is 0 Å². The Bertz CT molecular complexity index is 713. The number of amides is 1. The van der Waals surface area contributed by atoms with Crippen LogP contribution in [-0.4, -0.2) is 49.7 Å². The molecule has 1 aliphatic carbocycles. The van der Waals surface area contributed by atoms with Crippen LogP contribution in [-0.2, 0) is 14.8 Å². The average Bonchev–Trinajstić information content (AvgIpc) is 2.61. The van der Waals surface area contributed by atoms with Crippen LogP contribution in [0.2, 0.25) is 0 Å². The fraction of sp³-hybridized carbons (Fsp3) is 0.632. The normalized spacial score (nSPS) is 24.2. The van der Waals surface area contributed by atoms with Crippen LogP contribution in [0.3, 0.4) is 0 Å². The van der Waals surface area contributed by atoms with Crippen molar-refractivity contribution in [2.45, 2.75) is 56.4 Å². The van der Waals surface area contributed by atoms with Gasteiger partial charge in [0, 0.05) is 19.6 Å². The molecule has 1 aromatic rings. The minimum absolute atomic E-state index is 0.0604. The SMILES string of the molecule is Cc1ccc(S(=O)(=O)N(C)CC(=O)N2CCCC3CCCCC32)cc1. The Morgan fingerprint density at radius 1 is 1.12 bits per heavy atom. The first-order valence-corrected chi connectivity index (χ1v) is 10.7. The van der Waals surface area contributed by atoms with Crippen LogP contribution < -0.4 is 0 Å². The summed E-state index contributed by atoms with van der Waals surface area (Å²) in [6.07, 6.45) is 6.91. The average molecular weight is 365 g/mol. The van der Waals surface area contributed by atoms with Crippen LogP contribution in [0.25, 0.3) is 0 Å². The van der Waals surface area contributed by atoms with E-state index in [9.17, 15) is 13.2 Å². The fourth-order valence-corrected chi connectivity index (χ4v) is 5.31. The number of carbonyl (C=O) groups is 1. The third-order valence-corrected chi connectivity index (χ3v) is 7.47. The lowest BCUT2D eigenvalue weighted by Crippen LogP contribution is -2.52. The standard InChI is InChI=1S/C19H28N2O3S/c1-15-9-11-17(12-10-15)25(23,24)20(2)14-19(22)21-13-5-7-16-6-3-4-8-18(16)21/h9-12,16,18H,3-8,13-14H2,1-2H3. The zero-order chi connectivity index (χ0) is 18.0. The summed E-state index contributed by atoms with van der Waals surface area (Å²) in [6.45, 7) is 2.60. The summed E-state index contributed by atoms with van der Waals surface area (Å²) in [5, 5.41) is 0. The van der Waals surface area contributed by atoms with Gasteiger partial charge in [0.2, 0.25) is 15.9 Å². The van der Waals surface area contributed by atoms with Crippen molar-refractivity contribution in [1.29, 1.82) is 0 Å². The maximum Gasteiger partial charge on any atom is 0.243 e. The molecule has 1 saturated carbocycles. The van der Waals surface area contributed by atoms with Crippen LogP contribution in [0.1, 0.15) is 44.1 Å². The van der Waals surface area contributed by atoms with Gasteiger partial charge in [-0.05, 0) is 50.7 Å². The third kappa shape index (κ3) is 3.90. The number of aryl methyl sites for hydroxylation is 1. The minimum Gasteiger partial charge on any atom is -0.338 e. The Morgan fingerprint density at radius 3 is 2.48 bits per heavy atom. The Hall–Kier alpha value is -1.40. The molecule has 5 nitrogen and oxygen atoms in total. The van der Waals surface area contributed by atoms with Gasteiger partial charge in [-0.15, -0.1) is 0 Å². The van der Waals surface area contributed by atoms with Gasteiger partial charge in [-0.1, -0.05) is 30.5 Å². The summed E-state index contributed by atoms with van der Waals surface area (Å²) in [7, 11) is -2.14. The number of hydrogen-bond acceptors (Lipinski definition) is 3. The van der Waals surface area contributed by atoms with Crippen molar-refractivity contribution in [1.82, 2.24) is 9.21 Å². The van der Waals surface area contributed by atoms with Gasteiger partial charge in [-0.3, -0.25) is 4.79 Å². The van der Waals surface area contributed by atoms with Gasteiger partial charge in [-0.25, -0.2) is 8.42 Å². The van der Waals surface area contributed by atoms with Crippen LogP contribution in [0.4, 0.5) is 0 Å². The van der Waals surface area contributed by atoms with E-state index < -0.39 is 10.0 Å². The highest BCUT2D eigenvalue weighted by Crippen LogP contribution is 2.35. The van der Waals surface area contributed by atoms with Gasteiger partial charge in [0.1, 0.15) is 0 Å². The second-order valence-electron chi connectivity index (χ2n) is 7.42. The predicted octanol–water partition coefficient (Wildman–Crippen LogP) is 2.80. The number of fused-ring (bicyclic) bond motifs is 1. The van der Waals surface area contributed by atoms with Gasteiger partial charge in [-0.2, -0.15) is 4.31 Å². The minimum atomic E-state index is -3.63. The Kier molecular flexibility index (Phi) is 5.49. The first kappa shape index (κ1) is 18.4. The first-order chi connectivity index (χ1) is 11.9. The van der Waals surface area contributed by atoms with Crippen molar-refractivity contribution in [3.63, 3.8) is 0 Å². The highest BCUT2D eigenvalue weighted by Gasteiger charge is 2.36. The van der Waals surface area contributed by atoms with Gasteiger partial charge < -0.3 is 4.90 Å². The summed E-state index contributed by atoms with van der Waals surface area (Å²) >= 11 is 0. The number of hydrogen-bond donors (Lipinski definition) is 0. The topological polar surface area (TPSA) is 57.7 Å². The second-order valence-corrected chi connectivity index (χ2v) is 9.46. The second kappa shape index (κ2) is 7.46. The van der Waals surface area contributed by atoms with Crippen molar-refractivity contribution in [2.24, 2.45) is 5.92 Å². The summed E-state index contributed by atoms with van der Waals surface area (Å²) < 4.78 is 26.6. The van der Waals surface area contributed by atoms with E-state index in [-0.39, 0.29) is 17.3 Å². The maximum atomic E-state index is 12.8. The summed E-state index contributed by atoms with van der Waals surface area (Å²) in [6, 6.07) is 7.07. The monoisotopic (exact) mass is 364 g/mol. The van der Waals surface area contributed by atoms with E-state index in [0.717, 1.165) is 24.9 Å². The molecule has 2 unspecified atom stereocenters. The summed E-state index contributed by atoms with van der Waals surface area (Å²) in [4.78, 5) is 15.0. The lowest BCUT2D eigenvalue weighted by molar-refractivity contribution is -0.137. The van der Waals surface area contributed by atoms with Crippen molar-refractivity contribution in [2.75, 3.05) is 20.1 Å². The van der Waals surface area contributed by atoms with Crippen LogP contribution >= 0.6 is 0 Å². The third-order valence-electron chi connectivity index (χ3n) is 5.65. The van der Waals surface area contributed by atoms with E-state index >= 15 is 0 Å². The summed E-state index contributed by atoms with van der Waals surface area (Å²) in [5.41, 5.74) is 1.01. The van der Waals surface area contributed by atoms with Gasteiger partial charge in [0.25, 0.3) is 0 Å². The highest BCUT2D eigenvalue weighted by molar-refractivity contribution is 7.89. The zero-order valence-corrected chi connectivity index (χ0v) is 16.0. The molecule has 1 amide bonds. The lowest BCUT2D eigenvalue weighted by Gasteiger charge is -2.44. The molecule has 0 radical (unpaired) electrons. The molecule has 1 aromatic carbocycles. The molecule has 2 aliphatic rings. The molecule has 3 rings (SSSR count). The van der Waals surface area contributed by atoms with E-state index in [1.807, 2.05) is 11.8 Å².